The number of amides is 1. The highest BCUT2D eigenvalue weighted by Gasteiger charge is 2.37. The molecule has 1 fully saturated rings. The second-order valence-corrected chi connectivity index (χ2v) is 4.74. The van der Waals surface area contributed by atoms with Crippen molar-refractivity contribution in [1.82, 2.24) is 4.90 Å². The maximum absolute atomic E-state index is 13.8. The lowest BCUT2D eigenvalue weighted by Crippen LogP contribution is -2.31. The summed E-state index contributed by atoms with van der Waals surface area (Å²) in [4.78, 5) is 23.9. The first-order chi connectivity index (χ1) is 9.71. The lowest BCUT2D eigenvalue weighted by molar-refractivity contribution is -0.141. The van der Waals surface area contributed by atoms with Gasteiger partial charge in [-0.2, -0.15) is 13.2 Å². The topological polar surface area (TPSA) is 57.6 Å². The largest absolute Gasteiger partial charge is 0.481 e. The van der Waals surface area contributed by atoms with E-state index >= 15 is 0 Å². The van der Waals surface area contributed by atoms with Crippen LogP contribution in [0.15, 0.2) is 18.2 Å². The molecule has 0 aromatic heterocycles. The molecule has 1 aliphatic heterocycles. The average Bonchev–Trinajstić information content (AvgIpc) is 2.86. The van der Waals surface area contributed by atoms with E-state index in [9.17, 15) is 27.2 Å². The zero-order valence-corrected chi connectivity index (χ0v) is 11.9. The number of hydrogen-bond donors (Lipinski definition) is 1. The summed E-state index contributed by atoms with van der Waals surface area (Å²) >= 11 is 0. The summed E-state index contributed by atoms with van der Waals surface area (Å²) in [5.41, 5.74) is -2.21. The van der Waals surface area contributed by atoms with Crippen molar-refractivity contribution in [2.75, 3.05) is 13.1 Å². The molecule has 0 aliphatic carbocycles. The summed E-state index contributed by atoms with van der Waals surface area (Å²) in [6, 6.07) is 2.46. The Morgan fingerprint density at radius 3 is 2.41 bits per heavy atom. The summed E-state index contributed by atoms with van der Waals surface area (Å²) in [5, 5.41) is 8.83. The number of carbonyl (C=O) groups is 2. The number of carboxylic acid groups (broad SMARTS) is 1. The average molecular weight is 342 g/mol. The summed E-state index contributed by atoms with van der Waals surface area (Å²) < 4.78 is 51.6. The molecule has 1 unspecified atom stereocenters. The molecule has 1 aromatic rings. The molecule has 2 rings (SSSR count). The van der Waals surface area contributed by atoms with Crippen LogP contribution in [0.4, 0.5) is 17.6 Å². The Bertz CT molecular complexity index is 591. The monoisotopic (exact) mass is 341 g/mol. The van der Waals surface area contributed by atoms with Crippen LogP contribution in [-0.4, -0.2) is 35.0 Å². The van der Waals surface area contributed by atoms with Crippen molar-refractivity contribution >= 4 is 24.3 Å². The number of alkyl halides is 3. The summed E-state index contributed by atoms with van der Waals surface area (Å²) in [7, 11) is 0. The van der Waals surface area contributed by atoms with Crippen LogP contribution in [0.1, 0.15) is 22.3 Å². The molecule has 22 heavy (non-hydrogen) atoms. The summed E-state index contributed by atoms with van der Waals surface area (Å²) in [6.45, 7) is -0.0602. The lowest BCUT2D eigenvalue weighted by Gasteiger charge is -2.17. The molecule has 122 valence electrons. The molecule has 1 saturated heterocycles. The number of carbonyl (C=O) groups excluding carboxylic acids is 1. The minimum Gasteiger partial charge on any atom is -0.481 e. The second-order valence-electron chi connectivity index (χ2n) is 4.74. The summed E-state index contributed by atoms with van der Waals surface area (Å²) in [5.74, 6) is -4.42. The lowest BCUT2D eigenvalue weighted by atomic mass is 10.1. The molecule has 0 radical (unpaired) electrons. The number of halogens is 5. The van der Waals surface area contributed by atoms with E-state index < -0.39 is 40.9 Å². The van der Waals surface area contributed by atoms with E-state index in [-0.39, 0.29) is 31.9 Å². The van der Waals surface area contributed by atoms with Crippen molar-refractivity contribution < 1.29 is 32.3 Å². The number of aliphatic carboxylic acids is 1. The van der Waals surface area contributed by atoms with E-state index in [1.807, 2.05) is 0 Å². The van der Waals surface area contributed by atoms with Gasteiger partial charge in [0.25, 0.3) is 5.91 Å². The Hall–Kier alpha value is -1.83. The molecule has 1 aliphatic rings. The van der Waals surface area contributed by atoms with Crippen LogP contribution in [0, 0.1) is 11.7 Å². The third kappa shape index (κ3) is 3.49. The van der Waals surface area contributed by atoms with Crippen LogP contribution in [-0.2, 0) is 11.0 Å². The quantitative estimate of drug-likeness (QED) is 0.842. The molecule has 1 N–H and O–H groups in total. The molecule has 1 aromatic carbocycles. The SMILES string of the molecule is Cl.O=C(O)C1CCN(C(=O)c2cccc(C(F)(F)F)c2F)C1. The molecule has 9 heteroatoms. The van der Waals surface area contributed by atoms with Gasteiger partial charge in [0.15, 0.2) is 0 Å². The minimum absolute atomic E-state index is 0. The highest BCUT2D eigenvalue weighted by Crippen LogP contribution is 2.33. The fourth-order valence-electron chi connectivity index (χ4n) is 2.23. The van der Waals surface area contributed by atoms with Gasteiger partial charge in [0.1, 0.15) is 5.82 Å². The van der Waals surface area contributed by atoms with Gasteiger partial charge >= 0.3 is 12.1 Å². The maximum Gasteiger partial charge on any atom is 0.419 e. The van der Waals surface area contributed by atoms with Crippen molar-refractivity contribution in [2.24, 2.45) is 5.92 Å². The first-order valence-electron chi connectivity index (χ1n) is 6.09. The van der Waals surface area contributed by atoms with Gasteiger partial charge in [-0.05, 0) is 18.6 Å². The fourth-order valence-corrected chi connectivity index (χ4v) is 2.23. The number of hydrogen-bond acceptors (Lipinski definition) is 2. The number of rotatable bonds is 2. The molecule has 1 atom stereocenters. The van der Waals surface area contributed by atoms with Crippen molar-refractivity contribution in [1.29, 1.82) is 0 Å². The minimum atomic E-state index is -4.89. The molecule has 1 heterocycles. The van der Waals surface area contributed by atoms with Gasteiger partial charge < -0.3 is 10.0 Å². The normalized spacial score (nSPS) is 18.0. The van der Waals surface area contributed by atoms with Crippen molar-refractivity contribution in [2.45, 2.75) is 12.6 Å². The van der Waals surface area contributed by atoms with Gasteiger partial charge in [-0.15, -0.1) is 12.4 Å². The highest BCUT2D eigenvalue weighted by atomic mass is 35.5. The van der Waals surface area contributed by atoms with Crippen LogP contribution < -0.4 is 0 Å². The van der Waals surface area contributed by atoms with Gasteiger partial charge in [0, 0.05) is 13.1 Å². The fraction of sp³-hybridized carbons (Fsp3) is 0.385. The smallest absolute Gasteiger partial charge is 0.419 e. The van der Waals surface area contributed by atoms with Gasteiger partial charge in [-0.1, -0.05) is 6.07 Å². The van der Waals surface area contributed by atoms with Crippen molar-refractivity contribution in [3.05, 3.63) is 35.1 Å². The Morgan fingerprint density at radius 1 is 1.27 bits per heavy atom. The van der Waals surface area contributed by atoms with Gasteiger partial charge in [-0.3, -0.25) is 9.59 Å². The molecule has 0 spiro atoms. The van der Waals surface area contributed by atoms with Crippen LogP contribution in [0.25, 0.3) is 0 Å². The van der Waals surface area contributed by atoms with E-state index in [2.05, 4.69) is 0 Å². The molecule has 4 nitrogen and oxygen atoms in total. The molecule has 0 bridgehead atoms. The van der Waals surface area contributed by atoms with E-state index in [4.69, 9.17) is 5.11 Å². The van der Waals surface area contributed by atoms with Crippen molar-refractivity contribution in [3.63, 3.8) is 0 Å². The van der Waals surface area contributed by atoms with Crippen LogP contribution in [0.2, 0.25) is 0 Å². The van der Waals surface area contributed by atoms with E-state index in [0.29, 0.717) is 6.07 Å². The molecular formula is C13H12ClF4NO3. The molecular weight excluding hydrogens is 330 g/mol. The standard InChI is InChI=1S/C13H11F4NO3.ClH/c14-10-8(2-1-3-9(10)13(15,16)17)11(19)18-5-4-7(6-18)12(20)21;/h1-3,7H,4-6H2,(H,20,21);1H. The number of benzene rings is 1. The molecule has 1 amide bonds. The zero-order chi connectivity index (χ0) is 15.8. The second kappa shape index (κ2) is 6.51. The third-order valence-corrected chi connectivity index (χ3v) is 3.36. The van der Waals surface area contributed by atoms with E-state index in [1.54, 1.807) is 0 Å². The molecule has 0 saturated carbocycles. The third-order valence-electron chi connectivity index (χ3n) is 3.36. The number of carboxylic acids is 1. The number of likely N-dealkylation sites (tertiary alicyclic amines) is 1. The van der Waals surface area contributed by atoms with Crippen molar-refractivity contribution in [3.8, 4) is 0 Å². The Morgan fingerprint density at radius 2 is 1.91 bits per heavy atom. The zero-order valence-electron chi connectivity index (χ0n) is 11.1. The highest BCUT2D eigenvalue weighted by molar-refractivity contribution is 5.95. The Labute approximate surface area is 129 Å². The Kier molecular flexibility index (Phi) is 5.39. The predicted octanol–water partition coefficient (Wildman–Crippen LogP) is 2.81. The van der Waals surface area contributed by atoms with Gasteiger partial charge in [-0.25, -0.2) is 4.39 Å². The Balaban J connectivity index is 0.00000242. The maximum atomic E-state index is 13.8. The number of nitrogens with zero attached hydrogens (tertiary/aromatic N) is 1. The van der Waals surface area contributed by atoms with E-state index in [0.717, 1.165) is 17.0 Å². The van der Waals surface area contributed by atoms with Crippen LogP contribution in [0.3, 0.4) is 0 Å². The van der Waals surface area contributed by atoms with Gasteiger partial charge in [0.05, 0.1) is 17.0 Å². The van der Waals surface area contributed by atoms with Crippen LogP contribution >= 0.6 is 12.4 Å². The van der Waals surface area contributed by atoms with Gasteiger partial charge in [0.2, 0.25) is 0 Å². The first kappa shape index (κ1) is 18.2. The summed E-state index contributed by atoms with van der Waals surface area (Å²) in [6.07, 6.45) is -4.70. The first-order valence-corrected chi connectivity index (χ1v) is 6.09. The van der Waals surface area contributed by atoms with Crippen LogP contribution in [0.5, 0.6) is 0 Å². The predicted molar refractivity (Wildman–Crippen MR) is 70.3 cm³/mol. The van der Waals surface area contributed by atoms with E-state index in [1.165, 1.54) is 0 Å².